The summed E-state index contributed by atoms with van der Waals surface area (Å²) in [5.41, 5.74) is 6.76. The van der Waals surface area contributed by atoms with Crippen molar-refractivity contribution in [1.29, 1.82) is 0 Å². The molecule has 34 heavy (non-hydrogen) atoms. The van der Waals surface area contributed by atoms with E-state index in [1.165, 1.54) is 0 Å². The van der Waals surface area contributed by atoms with E-state index in [4.69, 9.17) is 10.5 Å². The van der Waals surface area contributed by atoms with Crippen LogP contribution in [-0.4, -0.2) is 43.4 Å². The van der Waals surface area contributed by atoms with Gasteiger partial charge in [-0.25, -0.2) is 0 Å². The van der Waals surface area contributed by atoms with E-state index in [2.05, 4.69) is 15.2 Å². The van der Waals surface area contributed by atoms with Gasteiger partial charge >= 0.3 is 0 Å². The fourth-order valence-corrected chi connectivity index (χ4v) is 4.36. The number of nitrogens with zero attached hydrogens (tertiary/aromatic N) is 2. The Bertz CT molecular complexity index is 1100. The van der Waals surface area contributed by atoms with Crippen LogP contribution in [0.5, 0.6) is 5.75 Å². The van der Waals surface area contributed by atoms with Gasteiger partial charge in [-0.05, 0) is 60.7 Å². The molecule has 1 unspecified atom stereocenters. The van der Waals surface area contributed by atoms with Crippen molar-refractivity contribution < 1.29 is 14.3 Å². The third-order valence-corrected chi connectivity index (χ3v) is 6.49. The van der Waals surface area contributed by atoms with Crippen molar-refractivity contribution in [3.05, 3.63) is 90.3 Å². The third kappa shape index (κ3) is 4.94. The number of nitrogens with two attached hydrogens (primary N) is 1. The van der Waals surface area contributed by atoms with Gasteiger partial charge in [-0.1, -0.05) is 30.3 Å². The van der Waals surface area contributed by atoms with Crippen molar-refractivity contribution in [2.24, 2.45) is 11.7 Å². The molecule has 1 atom stereocenters. The molecule has 1 aliphatic heterocycles. The topological polar surface area (TPSA) is 97.5 Å². The minimum atomic E-state index is -1.83. The zero-order valence-corrected chi connectivity index (χ0v) is 19.3. The Labute approximate surface area is 199 Å². The second kappa shape index (κ2) is 10.5. The highest BCUT2D eigenvalue weighted by molar-refractivity contribution is 6.18. The molecule has 0 saturated carbocycles. The minimum absolute atomic E-state index is 0.318. The summed E-state index contributed by atoms with van der Waals surface area (Å²) >= 11 is 0. The normalized spacial score (nSPS) is 15.9. The number of hydrogen-bond donors (Lipinski definition) is 2. The molecule has 7 heteroatoms. The van der Waals surface area contributed by atoms with Crippen molar-refractivity contribution in [2.75, 3.05) is 31.6 Å². The quantitative estimate of drug-likeness (QED) is 0.398. The molecule has 3 N–H and O–H groups in total. The van der Waals surface area contributed by atoms with E-state index in [1.807, 2.05) is 18.2 Å². The van der Waals surface area contributed by atoms with Crippen LogP contribution in [0.3, 0.4) is 0 Å². The Morgan fingerprint density at radius 2 is 1.68 bits per heavy atom. The molecule has 1 aromatic heterocycles. The zero-order chi connectivity index (χ0) is 24.0. The Morgan fingerprint density at radius 3 is 2.29 bits per heavy atom. The van der Waals surface area contributed by atoms with Gasteiger partial charge in [-0.3, -0.25) is 14.6 Å². The lowest BCUT2D eigenvalue weighted by Crippen LogP contribution is -2.57. The predicted octanol–water partition coefficient (Wildman–Crippen LogP) is 3.16. The smallest absolute Gasteiger partial charge is 0.252 e. The Hall–Kier alpha value is -3.71. The lowest BCUT2D eigenvalue weighted by Gasteiger charge is -2.34. The summed E-state index contributed by atoms with van der Waals surface area (Å²) in [6.45, 7) is 2.29. The van der Waals surface area contributed by atoms with Crippen molar-refractivity contribution >= 4 is 17.4 Å². The number of Topliss-reactive ketones (excluding diaryl/α,β-unsaturated/α-hetero) is 1. The molecule has 0 aliphatic carbocycles. The van der Waals surface area contributed by atoms with E-state index in [-0.39, 0.29) is 0 Å². The number of anilines is 1. The van der Waals surface area contributed by atoms with Crippen LogP contribution in [0.1, 0.15) is 28.8 Å². The van der Waals surface area contributed by atoms with Gasteiger partial charge < -0.3 is 20.7 Å². The number of hydrogen-bond acceptors (Lipinski definition) is 6. The van der Waals surface area contributed by atoms with Gasteiger partial charge in [0, 0.05) is 43.3 Å². The first kappa shape index (κ1) is 23.4. The standard InChI is InChI=1S/C27H30N4O3/c1-34-24-9-7-21(8-10-24)25(32)27(28,22-5-3-2-4-6-22)26(33)30-19-20-13-17-31(18-14-20)23-11-15-29-16-12-23/h2-12,15-16,20H,13-14,17-19,28H2,1H3,(H,30,33). The number of carbonyl (C=O) groups is 2. The summed E-state index contributed by atoms with van der Waals surface area (Å²) in [5, 5.41) is 2.98. The van der Waals surface area contributed by atoms with Gasteiger partial charge in [0.25, 0.3) is 5.91 Å². The average molecular weight is 459 g/mol. The molecule has 1 fully saturated rings. The van der Waals surface area contributed by atoms with Crippen molar-refractivity contribution in [3.8, 4) is 5.75 Å². The monoisotopic (exact) mass is 458 g/mol. The maximum Gasteiger partial charge on any atom is 0.252 e. The first-order valence-electron chi connectivity index (χ1n) is 11.5. The number of pyridine rings is 1. The molecule has 0 spiro atoms. The summed E-state index contributed by atoms with van der Waals surface area (Å²) in [6.07, 6.45) is 5.48. The van der Waals surface area contributed by atoms with Gasteiger partial charge in [0.15, 0.2) is 11.3 Å². The molecule has 1 amide bonds. The molecule has 176 valence electrons. The van der Waals surface area contributed by atoms with Crippen molar-refractivity contribution in [2.45, 2.75) is 18.4 Å². The van der Waals surface area contributed by atoms with Crippen LogP contribution in [0, 0.1) is 5.92 Å². The van der Waals surface area contributed by atoms with E-state index in [1.54, 1.807) is 68.0 Å². The van der Waals surface area contributed by atoms with Gasteiger partial charge in [-0.2, -0.15) is 0 Å². The average Bonchev–Trinajstić information content (AvgIpc) is 2.92. The number of rotatable bonds is 8. The molecule has 4 rings (SSSR count). The largest absolute Gasteiger partial charge is 0.497 e. The maximum atomic E-state index is 13.5. The number of ketones is 1. The molecular formula is C27H30N4O3. The fraction of sp³-hybridized carbons (Fsp3) is 0.296. The van der Waals surface area contributed by atoms with E-state index in [9.17, 15) is 9.59 Å². The summed E-state index contributed by atoms with van der Waals surface area (Å²) < 4.78 is 5.18. The second-order valence-corrected chi connectivity index (χ2v) is 8.58. The van der Waals surface area contributed by atoms with Crippen LogP contribution in [0.4, 0.5) is 5.69 Å². The Kier molecular flexibility index (Phi) is 7.23. The number of methoxy groups -OCH3 is 1. The summed E-state index contributed by atoms with van der Waals surface area (Å²) in [5.74, 6) is 0.00188. The number of aromatic nitrogens is 1. The van der Waals surface area contributed by atoms with Gasteiger partial charge in [-0.15, -0.1) is 0 Å². The summed E-state index contributed by atoms with van der Waals surface area (Å²) in [4.78, 5) is 33.4. The Morgan fingerprint density at radius 1 is 1.03 bits per heavy atom. The van der Waals surface area contributed by atoms with E-state index in [0.29, 0.717) is 29.3 Å². The van der Waals surface area contributed by atoms with Crippen molar-refractivity contribution in [3.63, 3.8) is 0 Å². The molecular weight excluding hydrogens is 428 g/mol. The Balaban J connectivity index is 1.45. The van der Waals surface area contributed by atoms with Gasteiger partial charge in [0.2, 0.25) is 0 Å². The van der Waals surface area contributed by atoms with Gasteiger partial charge in [0.05, 0.1) is 7.11 Å². The van der Waals surface area contributed by atoms with Crippen molar-refractivity contribution in [1.82, 2.24) is 10.3 Å². The fourth-order valence-electron chi connectivity index (χ4n) is 4.36. The molecule has 0 bridgehead atoms. The highest BCUT2D eigenvalue weighted by atomic mass is 16.5. The van der Waals surface area contributed by atoms with Crippen LogP contribution in [-0.2, 0) is 10.3 Å². The number of piperidine rings is 1. The van der Waals surface area contributed by atoms with Gasteiger partial charge in [0.1, 0.15) is 5.75 Å². The number of ether oxygens (including phenoxy) is 1. The summed E-state index contributed by atoms with van der Waals surface area (Å²) in [6, 6.07) is 19.5. The minimum Gasteiger partial charge on any atom is -0.497 e. The van der Waals surface area contributed by atoms with Crippen LogP contribution in [0.15, 0.2) is 79.1 Å². The zero-order valence-electron chi connectivity index (χ0n) is 19.3. The van der Waals surface area contributed by atoms with Crippen LogP contribution in [0.25, 0.3) is 0 Å². The first-order valence-corrected chi connectivity index (χ1v) is 11.5. The maximum absolute atomic E-state index is 13.5. The molecule has 1 saturated heterocycles. The number of nitrogens with one attached hydrogen (secondary N) is 1. The van der Waals surface area contributed by atoms with E-state index in [0.717, 1.165) is 31.6 Å². The molecule has 1 aliphatic rings. The molecule has 2 heterocycles. The molecule has 3 aromatic rings. The van der Waals surface area contributed by atoms with E-state index < -0.39 is 17.2 Å². The number of carbonyl (C=O) groups excluding carboxylic acids is 2. The lowest BCUT2D eigenvalue weighted by atomic mass is 9.82. The first-order chi connectivity index (χ1) is 16.5. The van der Waals surface area contributed by atoms with Crippen LogP contribution >= 0.6 is 0 Å². The van der Waals surface area contributed by atoms with E-state index >= 15 is 0 Å². The predicted molar refractivity (Wildman–Crippen MR) is 132 cm³/mol. The highest BCUT2D eigenvalue weighted by Gasteiger charge is 2.44. The summed E-state index contributed by atoms with van der Waals surface area (Å²) in [7, 11) is 1.56. The number of benzene rings is 2. The SMILES string of the molecule is COc1ccc(C(=O)C(N)(C(=O)NCC2CCN(c3ccncc3)CC2)c2ccccc2)cc1. The van der Waals surface area contributed by atoms with Crippen LogP contribution in [0.2, 0.25) is 0 Å². The molecule has 7 nitrogen and oxygen atoms in total. The lowest BCUT2D eigenvalue weighted by molar-refractivity contribution is -0.125. The third-order valence-electron chi connectivity index (χ3n) is 6.49. The highest BCUT2D eigenvalue weighted by Crippen LogP contribution is 2.26. The number of amides is 1. The second-order valence-electron chi connectivity index (χ2n) is 8.58. The van der Waals surface area contributed by atoms with Crippen LogP contribution < -0.4 is 20.7 Å². The molecule has 2 aromatic carbocycles. The molecule has 0 radical (unpaired) electrons.